The molecule has 0 spiro atoms. The molecule has 2 heterocycles. The Hall–Kier alpha value is -1.72. The summed E-state index contributed by atoms with van der Waals surface area (Å²) in [5, 5.41) is 7.16. The summed E-state index contributed by atoms with van der Waals surface area (Å²) in [6.45, 7) is 0.802. The molecule has 1 aromatic heterocycles. The van der Waals surface area contributed by atoms with Gasteiger partial charge in [-0.15, -0.1) is 0 Å². The van der Waals surface area contributed by atoms with Gasteiger partial charge in [-0.25, -0.2) is 4.98 Å². The molecular formula is C14H18N4O. The van der Waals surface area contributed by atoms with Crippen molar-refractivity contribution in [1.29, 1.82) is 0 Å². The van der Waals surface area contributed by atoms with Gasteiger partial charge < -0.3 is 10.5 Å². The Morgan fingerprint density at radius 3 is 2.95 bits per heavy atom. The molecule has 1 fully saturated rings. The van der Waals surface area contributed by atoms with Crippen LogP contribution in [0.4, 0.5) is 0 Å². The molecule has 0 bridgehead atoms. The largest absolute Gasteiger partial charge is 0.370 e. The van der Waals surface area contributed by atoms with Gasteiger partial charge in [0, 0.05) is 6.61 Å². The molecule has 0 aliphatic carbocycles. The third-order valence-electron chi connectivity index (χ3n) is 3.38. The van der Waals surface area contributed by atoms with Gasteiger partial charge in [0.1, 0.15) is 6.10 Å². The summed E-state index contributed by atoms with van der Waals surface area (Å²) >= 11 is 0. The second-order valence-corrected chi connectivity index (χ2v) is 4.88. The van der Waals surface area contributed by atoms with Crippen molar-refractivity contribution in [2.24, 2.45) is 5.73 Å². The highest BCUT2D eigenvalue weighted by Crippen LogP contribution is 2.26. The van der Waals surface area contributed by atoms with Crippen molar-refractivity contribution in [3.05, 3.63) is 47.5 Å². The predicted octanol–water partition coefficient (Wildman–Crippen LogP) is 1.90. The zero-order chi connectivity index (χ0) is 13.1. The van der Waals surface area contributed by atoms with Crippen LogP contribution in [-0.2, 0) is 11.2 Å². The quantitative estimate of drug-likeness (QED) is 0.878. The number of rotatable bonds is 4. The zero-order valence-corrected chi connectivity index (χ0v) is 10.7. The van der Waals surface area contributed by atoms with Crippen LogP contribution in [0.25, 0.3) is 0 Å². The van der Waals surface area contributed by atoms with Crippen molar-refractivity contribution in [2.75, 3.05) is 6.61 Å². The first-order valence-corrected chi connectivity index (χ1v) is 6.66. The SMILES string of the molecule is NC(Cc1ccccc1)c1n[nH]c(C2CCCO2)n1. The highest BCUT2D eigenvalue weighted by Gasteiger charge is 2.22. The maximum atomic E-state index is 6.15. The van der Waals surface area contributed by atoms with Crippen molar-refractivity contribution < 1.29 is 4.74 Å². The van der Waals surface area contributed by atoms with Crippen LogP contribution in [0.5, 0.6) is 0 Å². The lowest BCUT2D eigenvalue weighted by Gasteiger charge is -2.07. The normalized spacial score (nSPS) is 20.6. The molecule has 0 amide bonds. The number of benzene rings is 1. The maximum absolute atomic E-state index is 6.15. The highest BCUT2D eigenvalue weighted by atomic mass is 16.5. The number of nitrogens with two attached hydrogens (primary N) is 1. The van der Waals surface area contributed by atoms with Crippen LogP contribution in [0.3, 0.4) is 0 Å². The topological polar surface area (TPSA) is 76.8 Å². The Kier molecular flexibility index (Phi) is 3.57. The molecular weight excluding hydrogens is 240 g/mol. The first-order valence-electron chi connectivity index (χ1n) is 6.66. The highest BCUT2D eigenvalue weighted by molar-refractivity contribution is 5.17. The number of nitrogens with zero attached hydrogens (tertiary/aromatic N) is 2. The van der Waals surface area contributed by atoms with E-state index in [9.17, 15) is 0 Å². The number of ether oxygens (including phenoxy) is 1. The van der Waals surface area contributed by atoms with Crippen molar-refractivity contribution in [1.82, 2.24) is 15.2 Å². The molecule has 1 aliphatic rings. The number of aromatic nitrogens is 3. The Morgan fingerprint density at radius 2 is 2.21 bits per heavy atom. The lowest BCUT2D eigenvalue weighted by atomic mass is 10.1. The molecule has 100 valence electrons. The Bertz CT molecular complexity index is 519. The van der Waals surface area contributed by atoms with Crippen LogP contribution in [0.2, 0.25) is 0 Å². The van der Waals surface area contributed by atoms with Crippen molar-refractivity contribution in [3.63, 3.8) is 0 Å². The van der Waals surface area contributed by atoms with Gasteiger partial charge >= 0.3 is 0 Å². The van der Waals surface area contributed by atoms with Crippen LogP contribution in [0, 0.1) is 0 Å². The van der Waals surface area contributed by atoms with E-state index in [1.807, 2.05) is 18.2 Å². The minimum absolute atomic E-state index is 0.0603. The van der Waals surface area contributed by atoms with E-state index in [2.05, 4.69) is 27.3 Å². The van der Waals surface area contributed by atoms with Crippen LogP contribution < -0.4 is 5.73 Å². The lowest BCUT2D eigenvalue weighted by Crippen LogP contribution is -2.15. The van der Waals surface area contributed by atoms with E-state index in [1.165, 1.54) is 5.56 Å². The minimum atomic E-state index is -0.186. The van der Waals surface area contributed by atoms with Crippen molar-refractivity contribution in [3.8, 4) is 0 Å². The molecule has 0 saturated carbocycles. The van der Waals surface area contributed by atoms with Gasteiger partial charge in [0.25, 0.3) is 0 Å². The van der Waals surface area contributed by atoms with Crippen molar-refractivity contribution in [2.45, 2.75) is 31.4 Å². The second kappa shape index (κ2) is 5.50. The van der Waals surface area contributed by atoms with Crippen LogP contribution >= 0.6 is 0 Å². The predicted molar refractivity (Wildman–Crippen MR) is 71.4 cm³/mol. The summed E-state index contributed by atoms with van der Waals surface area (Å²) < 4.78 is 5.58. The van der Waals surface area contributed by atoms with E-state index in [0.29, 0.717) is 5.82 Å². The number of nitrogens with one attached hydrogen (secondary N) is 1. The Balaban J connectivity index is 1.68. The first kappa shape index (κ1) is 12.3. The second-order valence-electron chi connectivity index (χ2n) is 4.88. The Morgan fingerprint density at radius 1 is 1.37 bits per heavy atom. The molecule has 3 rings (SSSR count). The summed E-state index contributed by atoms with van der Waals surface area (Å²) in [5.41, 5.74) is 7.35. The van der Waals surface area contributed by atoms with Gasteiger partial charge in [-0.3, -0.25) is 5.10 Å². The monoisotopic (exact) mass is 258 g/mol. The number of aromatic amines is 1. The van der Waals surface area contributed by atoms with E-state index in [4.69, 9.17) is 10.5 Å². The summed E-state index contributed by atoms with van der Waals surface area (Å²) in [6, 6.07) is 9.96. The van der Waals surface area contributed by atoms with E-state index in [-0.39, 0.29) is 12.1 Å². The van der Waals surface area contributed by atoms with Crippen LogP contribution in [0.15, 0.2) is 30.3 Å². The average Bonchev–Trinajstić information content (AvgIpc) is 3.11. The molecule has 2 unspecified atom stereocenters. The summed E-state index contributed by atoms with van der Waals surface area (Å²) in [6.07, 6.45) is 2.88. The number of hydrogen-bond acceptors (Lipinski definition) is 4. The van der Waals surface area contributed by atoms with Crippen molar-refractivity contribution >= 4 is 0 Å². The lowest BCUT2D eigenvalue weighted by molar-refractivity contribution is 0.105. The van der Waals surface area contributed by atoms with Gasteiger partial charge in [0.05, 0.1) is 6.04 Å². The third-order valence-corrected chi connectivity index (χ3v) is 3.38. The maximum Gasteiger partial charge on any atom is 0.167 e. The molecule has 1 aromatic carbocycles. The zero-order valence-electron chi connectivity index (χ0n) is 10.7. The van der Waals surface area contributed by atoms with Gasteiger partial charge in [0.15, 0.2) is 11.6 Å². The van der Waals surface area contributed by atoms with Crippen LogP contribution in [0.1, 0.15) is 42.2 Å². The molecule has 1 saturated heterocycles. The van der Waals surface area contributed by atoms with E-state index in [1.54, 1.807) is 0 Å². The first-order chi connectivity index (χ1) is 9.33. The van der Waals surface area contributed by atoms with E-state index >= 15 is 0 Å². The fraction of sp³-hybridized carbons (Fsp3) is 0.429. The average molecular weight is 258 g/mol. The summed E-state index contributed by atoms with van der Waals surface area (Å²) in [7, 11) is 0. The summed E-state index contributed by atoms with van der Waals surface area (Å²) in [5.74, 6) is 1.46. The molecule has 2 aromatic rings. The number of H-pyrrole nitrogens is 1. The van der Waals surface area contributed by atoms with Crippen LogP contribution in [-0.4, -0.2) is 21.8 Å². The smallest absolute Gasteiger partial charge is 0.167 e. The standard InChI is InChI=1S/C14H18N4O/c15-11(9-10-5-2-1-3-6-10)13-16-14(18-17-13)12-7-4-8-19-12/h1-3,5-6,11-12H,4,7-9,15H2,(H,16,17,18). The summed E-state index contributed by atoms with van der Waals surface area (Å²) in [4.78, 5) is 4.47. The molecule has 3 N–H and O–H groups in total. The third kappa shape index (κ3) is 2.83. The molecule has 2 atom stereocenters. The van der Waals surface area contributed by atoms with E-state index < -0.39 is 0 Å². The minimum Gasteiger partial charge on any atom is -0.370 e. The molecule has 5 heteroatoms. The fourth-order valence-corrected chi connectivity index (χ4v) is 2.35. The van der Waals surface area contributed by atoms with Gasteiger partial charge in [-0.05, 0) is 24.8 Å². The van der Waals surface area contributed by atoms with Gasteiger partial charge in [0.2, 0.25) is 0 Å². The molecule has 0 radical (unpaired) electrons. The Labute approximate surface area is 112 Å². The molecule has 5 nitrogen and oxygen atoms in total. The fourth-order valence-electron chi connectivity index (χ4n) is 2.35. The molecule has 19 heavy (non-hydrogen) atoms. The molecule has 1 aliphatic heterocycles. The van der Waals surface area contributed by atoms with Gasteiger partial charge in [-0.2, -0.15) is 5.10 Å². The van der Waals surface area contributed by atoms with E-state index in [0.717, 1.165) is 31.7 Å². The number of hydrogen-bond donors (Lipinski definition) is 2. The van der Waals surface area contributed by atoms with Gasteiger partial charge in [-0.1, -0.05) is 30.3 Å².